The Bertz CT molecular complexity index is 503. The maximum atomic E-state index is 12.2. The van der Waals surface area contributed by atoms with E-state index < -0.39 is 10.0 Å². The lowest BCUT2D eigenvalue weighted by Gasteiger charge is -2.13. The fraction of sp³-hybridized carbons (Fsp3) is 0.667. The minimum absolute atomic E-state index is 0.0393. The molecule has 0 spiro atoms. The second-order valence-electron chi connectivity index (χ2n) is 5.01. The van der Waals surface area contributed by atoms with Gasteiger partial charge in [-0.15, -0.1) is 0 Å². The third-order valence-corrected chi connectivity index (χ3v) is 4.80. The van der Waals surface area contributed by atoms with E-state index in [0.717, 1.165) is 12.8 Å². The van der Waals surface area contributed by atoms with Crippen LogP contribution in [0.1, 0.15) is 32.4 Å². The van der Waals surface area contributed by atoms with E-state index in [1.54, 1.807) is 13.1 Å². The lowest BCUT2D eigenvalue weighted by Crippen LogP contribution is -2.28. The minimum atomic E-state index is -3.45. The molecule has 0 atom stereocenters. The van der Waals surface area contributed by atoms with Gasteiger partial charge < -0.3 is 9.73 Å². The summed E-state index contributed by atoms with van der Waals surface area (Å²) in [6, 6.07) is 3.73. The summed E-state index contributed by atoms with van der Waals surface area (Å²) < 4.78 is 31.2. The molecule has 0 aromatic carbocycles. The number of rotatable bonds is 6. The summed E-state index contributed by atoms with van der Waals surface area (Å²) in [6.07, 6.45) is 1.89. The second-order valence-corrected chi connectivity index (χ2v) is 6.94. The predicted molar refractivity (Wildman–Crippen MR) is 68.7 cm³/mol. The zero-order chi connectivity index (χ0) is 13.3. The molecule has 1 aliphatic carbocycles. The molecule has 2 rings (SSSR count). The Kier molecular flexibility index (Phi) is 3.79. The fourth-order valence-corrected chi connectivity index (χ4v) is 3.01. The first-order valence-electron chi connectivity index (χ1n) is 6.21. The SMILES string of the molecule is CC(C)NCc1ccc(S(=O)(=O)N(C)C2CC2)o1. The molecule has 1 fully saturated rings. The molecule has 1 aliphatic rings. The fourth-order valence-electron chi connectivity index (χ4n) is 1.67. The number of furan rings is 1. The second kappa shape index (κ2) is 5.03. The standard InChI is InChI=1S/C12H20N2O3S/c1-9(2)13-8-11-6-7-12(17-11)18(15,16)14(3)10-4-5-10/h6-7,9-10,13H,4-5,8H2,1-3H3. The molecule has 0 bridgehead atoms. The summed E-state index contributed by atoms with van der Waals surface area (Å²) in [7, 11) is -1.84. The van der Waals surface area contributed by atoms with Crippen LogP contribution in [-0.4, -0.2) is 31.9 Å². The predicted octanol–water partition coefficient (Wildman–Crippen LogP) is 1.56. The first-order chi connectivity index (χ1) is 8.41. The van der Waals surface area contributed by atoms with Crippen molar-refractivity contribution in [3.05, 3.63) is 17.9 Å². The summed E-state index contributed by atoms with van der Waals surface area (Å²) in [5, 5.41) is 3.23. The van der Waals surface area contributed by atoms with Crippen molar-refractivity contribution in [3.8, 4) is 0 Å². The summed E-state index contributed by atoms with van der Waals surface area (Å²) in [5.41, 5.74) is 0. The van der Waals surface area contributed by atoms with E-state index in [2.05, 4.69) is 5.32 Å². The molecule has 1 aromatic heterocycles. The van der Waals surface area contributed by atoms with Gasteiger partial charge in [-0.2, -0.15) is 4.31 Å². The van der Waals surface area contributed by atoms with Gasteiger partial charge in [-0.3, -0.25) is 0 Å². The maximum Gasteiger partial charge on any atom is 0.276 e. The number of nitrogens with one attached hydrogen (secondary N) is 1. The van der Waals surface area contributed by atoms with E-state index in [1.807, 2.05) is 13.8 Å². The van der Waals surface area contributed by atoms with Gasteiger partial charge in [0, 0.05) is 19.1 Å². The summed E-state index contributed by atoms with van der Waals surface area (Å²) in [6.45, 7) is 4.60. The van der Waals surface area contributed by atoms with Crippen LogP contribution in [0.5, 0.6) is 0 Å². The molecule has 1 aromatic rings. The highest BCUT2D eigenvalue weighted by Gasteiger charge is 2.36. The van der Waals surface area contributed by atoms with E-state index in [4.69, 9.17) is 4.42 Å². The van der Waals surface area contributed by atoms with Crippen LogP contribution in [0.3, 0.4) is 0 Å². The third kappa shape index (κ3) is 2.93. The van der Waals surface area contributed by atoms with E-state index in [1.165, 1.54) is 10.4 Å². The number of nitrogens with zero attached hydrogens (tertiary/aromatic N) is 1. The van der Waals surface area contributed by atoms with Crippen molar-refractivity contribution in [3.63, 3.8) is 0 Å². The van der Waals surface area contributed by atoms with Crippen LogP contribution >= 0.6 is 0 Å². The van der Waals surface area contributed by atoms with Gasteiger partial charge in [0.1, 0.15) is 5.76 Å². The Balaban J connectivity index is 2.08. The van der Waals surface area contributed by atoms with Gasteiger partial charge in [0.2, 0.25) is 5.09 Å². The quantitative estimate of drug-likeness (QED) is 0.853. The van der Waals surface area contributed by atoms with Crippen LogP contribution < -0.4 is 5.32 Å². The van der Waals surface area contributed by atoms with Crippen molar-refractivity contribution >= 4 is 10.0 Å². The molecule has 1 heterocycles. The Morgan fingerprint density at radius 1 is 1.44 bits per heavy atom. The molecule has 0 aliphatic heterocycles. The highest BCUT2D eigenvalue weighted by atomic mass is 32.2. The summed E-state index contributed by atoms with van der Waals surface area (Å²) in [5.74, 6) is 0.645. The largest absolute Gasteiger partial charge is 0.447 e. The third-order valence-electron chi connectivity index (χ3n) is 3.02. The summed E-state index contributed by atoms with van der Waals surface area (Å²) in [4.78, 5) is 0. The van der Waals surface area contributed by atoms with Gasteiger partial charge in [-0.1, -0.05) is 13.8 Å². The molecule has 1 N–H and O–H groups in total. The average Bonchev–Trinajstić information content (AvgIpc) is 3.03. The van der Waals surface area contributed by atoms with Crippen molar-refractivity contribution in [2.24, 2.45) is 0 Å². The van der Waals surface area contributed by atoms with E-state index in [0.29, 0.717) is 18.3 Å². The molecule has 102 valence electrons. The van der Waals surface area contributed by atoms with Crippen LogP contribution in [0, 0.1) is 0 Å². The topological polar surface area (TPSA) is 62.6 Å². The average molecular weight is 272 g/mol. The van der Waals surface area contributed by atoms with Crippen LogP contribution in [0.25, 0.3) is 0 Å². The maximum absolute atomic E-state index is 12.2. The zero-order valence-corrected chi connectivity index (χ0v) is 11.8. The smallest absolute Gasteiger partial charge is 0.276 e. The molecule has 5 nitrogen and oxygen atoms in total. The molecule has 6 heteroatoms. The first-order valence-corrected chi connectivity index (χ1v) is 7.65. The van der Waals surface area contributed by atoms with Gasteiger partial charge in [0.05, 0.1) is 6.54 Å². The molecule has 18 heavy (non-hydrogen) atoms. The Hall–Kier alpha value is -0.850. The van der Waals surface area contributed by atoms with Crippen LogP contribution in [0.2, 0.25) is 0 Å². The van der Waals surface area contributed by atoms with Crippen molar-refractivity contribution in [1.82, 2.24) is 9.62 Å². The molecular weight excluding hydrogens is 252 g/mol. The highest BCUT2D eigenvalue weighted by molar-refractivity contribution is 7.89. The van der Waals surface area contributed by atoms with Crippen molar-refractivity contribution < 1.29 is 12.8 Å². The van der Waals surface area contributed by atoms with Crippen LogP contribution in [0.4, 0.5) is 0 Å². The normalized spacial score (nSPS) is 16.7. The molecule has 1 saturated carbocycles. The lowest BCUT2D eigenvalue weighted by atomic mass is 10.3. The molecule has 0 saturated heterocycles. The van der Waals surface area contributed by atoms with E-state index in [9.17, 15) is 8.42 Å². The van der Waals surface area contributed by atoms with Crippen molar-refractivity contribution in [2.45, 2.75) is 50.4 Å². The van der Waals surface area contributed by atoms with Gasteiger partial charge in [-0.05, 0) is 25.0 Å². The molecule has 0 radical (unpaired) electrons. The monoisotopic (exact) mass is 272 g/mol. The zero-order valence-electron chi connectivity index (χ0n) is 11.0. The Morgan fingerprint density at radius 3 is 2.67 bits per heavy atom. The molecule has 0 unspecified atom stereocenters. The lowest BCUT2D eigenvalue weighted by molar-refractivity contribution is 0.374. The highest BCUT2D eigenvalue weighted by Crippen LogP contribution is 2.30. The van der Waals surface area contributed by atoms with Crippen molar-refractivity contribution in [2.75, 3.05) is 7.05 Å². The minimum Gasteiger partial charge on any atom is -0.447 e. The number of sulfonamides is 1. The number of hydrogen-bond donors (Lipinski definition) is 1. The Labute approximate surface area is 108 Å². The van der Waals surface area contributed by atoms with Gasteiger partial charge >= 0.3 is 0 Å². The van der Waals surface area contributed by atoms with Crippen LogP contribution in [0.15, 0.2) is 21.6 Å². The molecular formula is C12H20N2O3S. The number of hydrogen-bond acceptors (Lipinski definition) is 4. The molecule has 0 amide bonds. The van der Waals surface area contributed by atoms with Gasteiger partial charge in [0.15, 0.2) is 0 Å². The van der Waals surface area contributed by atoms with Crippen LogP contribution in [-0.2, 0) is 16.6 Å². The van der Waals surface area contributed by atoms with Gasteiger partial charge in [0.25, 0.3) is 10.0 Å². The van der Waals surface area contributed by atoms with Gasteiger partial charge in [-0.25, -0.2) is 8.42 Å². The van der Waals surface area contributed by atoms with Crippen molar-refractivity contribution in [1.29, 1.82) is 0 Å². The van der Waals surface area contributed by atoms with E-state index in [-0.39, 0.29) is 11.1 Å². The summed E-state index contributed by atoms with van der Waals surface area (Å²) >= 11 is 0. The Morgan fingerprint density at radius 2 is 2.11 bits per heavy atom. The van der Waals surface area contributed by atoms with E-state index >= 15 is 0 Å². The first kappa shape index (κ1) is 13.6.